The fourth-order valence-corrected chi connectivity index (χ4v) is 5.92. The minimum absolute atomic E-state index is 0. The normalized spacial score (nSPS) is 12.9. The third-order valence-corrected chi connectivity index (χ3v) is 8.53. The molecule has 1 aliphatic heterocycles. The average molecular weight is 859 g/mol. The minimum Gasteiger partial charge on any atom is -1.00 e. The van der Waals surface area contributed by atoms with Crippen LogP contribution in [0.2, 0.25) is 0 Å². The van der Waals surface area contributed by atoms with Gasteiger partial charge in [0, 0.05) is 6.54 Å². The molecule has 13 heteroatoms. The molecule has 0 bridgehead atoms. The number of halogens is 1. The van der Waals surface area contributed by atoms with Crippen LogP contribution in [0.4, 0.5) is 4.79 Å². The molecule has 6 rings (SSSR count). The third-order valence-electron chi connectivity index (χ3n) is 8.53. The maximum atomic E-state index is 14.0. The predicted molar refractivity (Wildman–Crippen MR) is 198 cm³/mol. The Balaban J connectivity index is 0.00000580. The summed E-state index contributed by atoms with van der Waals surface area (Å²) in [7, 11) is 1.94. The fourth-order valence-electron chi connectivity index (χ4n) is 5.92. The highest BCUT2D eigenvalue weighted by Gasteiger charge is 2.38. The molecule has 12 nitrogen and oxygen atoms in total. The van der Waals surface area contributed by atoms with Crippen LogP contribution in [0.1, 0.15) is 65.1 Å². The number of ether oxygens (including phenoxy) is 3. The van der Waals surface area contributed by atoms with Gasteiger partial charge in [-0.2, -0.15) is 4.68 Å². The monoisotopic (exact) mass is 858 g/mol. The van der Waals surface area contributed by atoms with Crippen LogP contribution < -0.4 is 38.7 Å². The first-order chi connectivity index (χ1) is 26.0. The average Bonchev–Trinajstić information content (AvgIpc) is 3.65. The van der Waals surface area contributed by atoms with Crippen LogP contribution in [0.25, 0.3) is 11.1 Å². The second-order valence-electron chi connectivity index (χ2n) is 13.7. The van der Waals surface area contributed by atoms with Gasteiger partial charge in [0.15, 0.2) is 13.2 Å². The number of aryl methyl sites for hydroxylation is 2. The molecule has 0 radical (unpaired) electrons. The van der Waals surface area contributed by atoms with E-state index < -0.39 is 48.3 Å². The number of aromatic nitrogens is 2. The Bertz CT molecular complexity index is 2030. The van der Waals surface area contributed by atoms with Gasteiger partial charge in [0.05, 0.1) is 29.4 Å². The highest BCUT2D eigenvalue weighted by molar-refractivity contribution is 6.20. The van der Waals surface area contributed by atoms with E-state index >= 15 is 0 Å². The van der Waals surface area contributed by atoms with Gasteiger partial charge in [-0.25, -0.2) is 9.59 Å². The zero-order chi connectivity index (χ0) is 38.2. The lowest BCUT2D eigenvalue weighted by Crippen LogP contribution is -3.00. The van der Waals surface area contributed by atoms with Crippen LogP contribution >= 0.6 is 0 Å². The topological polar surface area (TPSA) is 129 Å². The number of imide groups is 1. The van der Waals surface area contributed by atoms with Crippen molar-refractivity contribution in [2.24, 2.45) is 7.05 Å². The van der Waals surface area contributed by atoms with E-state index in [2.05, 4.69) is 5.32 Å². The number of carbonyl (C=O) groups excluding carboxylic acids is 4. The molecule has 5 aromatic rings. The number of esters is 1. The number of hydrogen-bond acceptors (Lipinski definition) is 8. The molecule has 3 amide bonds. The van der Waals surface area contributed by atoms with Crippen LogP contribution in [0.3, 0.4) is 0 Å². The van der Waals surface area contributed by atoms with E-state index in [1.54, 1.807) is 36.4 Å². The van der Waals surface area contributed by atoms with Gasteiger partial charge in [-0.1, -0.05) is 84.9 Å². The van der Waals surface area contributed by atoms with Gasteiger partial charge in [-0.3, -0.25) is 14.4 Å². The van der Waals surface area contributed by atoms with Crippen molar-refractivity contribution in [2.45, 2.75) is 51.5 Å². The van der Waals surface area contributed by atoms with Crippen LogP contribution in [0.15, 0.2) is 122 Å². The van der Waals surface area contributed by atoms with Crippen molar-refractivity contribution in [3.8, 4) is 16.9 Å². The van der Waals surface area contributed by atoms with E-state index in [0.717, 1.165) is 22.3 Å². The highest BCUT2D eigenvalue weighted by Crippen LogP contribution is 2.29. The lowest BCUT2D eigenvalue weighted by Gasteiger charge is -2.24. The summed E-state index contributed by atoms with van der Waals surface area (Å²) >= 11 is 0. The maximum Gasteiger partial charge on any atom is 0.407 e. The van der Waals surface area contributed by atoms with Gasteiger partial charge < -0.3 is 43.5 Å². The number of hydrogen-bond donors (Lipinski definition) is 1. The molecule has 55 heavy (non-hydrogen) atoms. The van der Waals surface area contributed by atoms with Crippen molar-refractivity contribution in [3.05, 3.63) is 144 Å². The van der Waals surface area contributed by atoms with Crippen molar-refractivity contribution >= 4 is 23.9 Å². The Kier molecular flexibility index (Phi) is 13.4. The molecular weight excluding hydrogens is 815 g/mol. The number of rotatable bonds is 14. The van der Waals surface area contributed by atoms with Crippen LogP contribution in [0, 0.1) is 0 Å². The molecule has 1 aliphatic rings. The molecule has 286 valence electrons. The zero-order valence-corrected chi connectivity index (χ0v) is 33.2. The number of carbonyl (C=O) groups is 4. The number of amides is 3. The Hall–Kier alpha value is -5.54. The van der Waals surface area contributed by atoms with Crippen molar-refractivity contribution in [3.63, 3.8) is 0 Å². The molecule has 1 atom stereocenters. The molecule has 4 aromatic carbocycles. The zero-order valence-electron chi connectivity index (χ0n) is 31.0. The van der Waals surface area contributed by atoms with Gasteiger partial charge in [-0.05, 0) is 68.1 Å². The third kappa shape index (κ3) is 10.4. The summed E-state index contributed by atoms with van der Waals surface area (Å²) in [6.07, 6.45) is 2.13. The smallest absolute Gasteiger partial charge is 0.407 e. The molecule has 1 N–H and O–H groups in total. The molecular formula is C42H43IN4O8. The Morgan fingerprint density at radius 2 is 1.35 bits per heavy atom. The molecule has 0 fully saturated rings. The number of alkyl carbamates (subject to hydrolysis) is 1. The predicted octanol–water partition coefficient (Wildman–Crippen LogP) is 3.21. The molecule has 0 aliphatic carbocycles. The van der Waals surface area contributed by atoms with Crippen LogP contribution in [-0.4, -0.2) is 58.5 Å². The van der Waals surface area contributed by atoms with Crippen molar-refractivity contribution in [1.29, 1.82) is 0 Å². The second-order valence-corrected chi connectivity index (χ2v) is 13.7. The first-order valence-corrected chi connectivity index (χ1v) is 17.7. The summed E-state index contributed by atoms with van der Waals surface area (Å²) in [5.74, 6) is -1.66. The molecule has 2 heterocycles. The first kappa shape index (κ1) is 40.6. The summed E-state index contributed by atoms with van der Waals surface area (Å²) in [5.41, 5.74) is 3.22. The Morgan fingerprint density at radius 3 is 1.91 bits per heavy atom. The van der Waals surface area contributed by atoms with E-state index in [0.29, 0.717) is 30.3 Å². The number of benzene rings is 4. The van der Waals surface area contributed by atoms with E-state index in [-0.39, 0.29) is 35.1 Å². The molecule has 1 unspecified atom stereocenters. The quantitative estimate of drug-likeness (QED) is 0.0594. The highest BCUT2D eigenvalue weighted by atomic mass is 127. The second kappa shape index (κ2) is 18.2. The van der Waals surface area contributed by atoms with Gasteiger partial charge in [0.25, 0.3) is 11.8 Å². The largest absolute Gasteiger partial charge is 1.00 e. The van der Waals surface area contributed by atoms with Crippen LogP contribution in [-0.2, 0) is 32.7 Å². The molecule has 0 saturated heterocycles. The number of nitrogens with zero attached hydrogens (tertiary/aromatic N) is 3. The SMILES string of the molecule is C[n+]1cc(-c2ccc(OC(CON3C(=O)c4ccccc4C3=O)C(=O)OC(c3ccccc3)c3ccccc3)cc2)cn1CCCNC(=O)OC(C)(C)C.[I-]. The number of fused-ring (bicyclic) bond motifs is 1. The summed E-state index contributed by atoms with van der Waals surface area (Å²) in [6, 6.07) is 32.2. The van der Waals surface area contributed by atoms with Gasteiger partial charge in [0.1, 0.15) is 18.0 Å². The van der Waals surface area contributed by atoms with E-state index in [1.807, 2.05) is 122 Å². The molecule has 1 aromatic heterocycles. The summed E-state index contributed by atoms with van der Waals surface area (Å²) < 4.78 is 21.6. The Labute approximate surface area is 336 Å². The molecule has 0 saturated carbocycles. The first-order valence-electron chi connectivity index (χ1n) is 17.7. The van der Waals surface area contributed by atoms with Crippen LogP contribution in [0.5, 0.6) is 5.75 Å². The number of hydroxylamine groups is 2. The van der Waals surface area contributed by atoms with Gasteiger partial charge >= 0.3 is 12.1 Å². The van der Waals surface area contributed by atoms with E-state index in [1.165, 1.54) is 0 Å². The fraction of sp³-hybridized carbons (Fsp3) is 0.262. The lowest BCUT2D eigenvalue weighted by molar-refractivity contribution is -0.753. The number of nitrogens with one attached hydrogen (secondary N) is 1. The van der Waals surface area contributed by atoms with Gasteiger partial charge in [0.2, 0.25) is 12.3 Å². The lowest BCUT2D eigenvalue weighted by atomic mass is 10.0. The standard InChI is InChI=1S/C42H42N4O8.HI/c1-42(2,3)54-41(50)43-24-13-25-45-27-32(26-44(45)4)29-20-22-33(23-21-29)52-36(28-51-46-38(47)34-18-11-12-19-35(34)39(46)48)40(49)53-37(30-14-7-5-8-15-30)31-16-9-6-10-17-31;/h5-12,14-23,26-27,36-37H,13,24-25,28H2,1-4H3;1H. The maximum absolute atomic E-state index is 14.0. The minimum atomic E-state index is -1.36. The Morgan fingerprint density at radius 1 is 0.782 bits per heavy atom. The van der Waals surface area contributed by atoms with E-state index in [9.17, 15) is 19.2 Å². The van der Waals surface area contributed by atoms with Crippen molar-refractivity contribution < 1.29 is 66.9 Å². The van der Waals surface area contributed by atoms with E-state index in [4.69, 9.17) is 19.0 Å². The molecule has 0 spiro atoms. The summed E-state index contributed by atoms with van der Waals surface area (Å²) in [5, 5.41) is 3.44. The summed E-state index contributed by atoms with van der Waals surface area (Å²) in [4.78, 5) is 57.7. The summed E-state index contributed by atoms with van der Waals surface area (Å²) in [6.45, 7) is 6.11. The van der Waals surface area contributed by atoms with Crippen molar-refractivity contribution in [2.75, 3.05) is 13.2 Å². The van der Waals surface area contributed by atoms with Gasteiger partial charge in [-0.15, -0.1) is 9.75 Å². The van der Waals surface area contributed by atoms with Crippen molar-refractivity contribution in [1.82, 2.24) is 15.1 Å².